The molecule has 0 aromatic rings. The maximum Gasteiger partial charge on any atom is 0.0597 e. The standard InChI is InChI=1S/C12H26O/c1-5-7-8-9-10-12(11(3)4)13-6-2/h11-12H,5-10H2,1-4H3/t12-/m1/s1. The molecule has 0 saturated heterocycles. The van der Waals surface area contributed by atoms with Crippen LogP contribution < -0.4 is 0 Å². The summed E-state index contributed by atoms with van der Waals surface area (Å²) < 4.78 is 5.68. The first-order valence-corrected chi connectivity index (χ1v) is 5.83. The predicted molar refractivity (Wildman–Crippen MR) is 59.0 cm³/mol. The molecule has 80 valence electrons. The molecule has 0 amide bonds. The van der Waals surface area contributed by atoms with Crippen LogP contribution in [0, 0.1) is 5.92 Å². The summed E-state index contributed by atoms with van der Waals surface area (Å²) in [5, 5.41) is 0. The first-order chi connectivity index (χ1) is 6.22. The van der Waals surface area contributed by atoms with Gasteiger partial charge >= 0.3 is 0 Å². The Balaban J connectivity index is 3.45. The van der Waals surface area contributed by atoms with E-state index in [0.717, 1.165) is 6.61 Å². The molecule has 0 aromatic heterocycles. The molecule has 0 aliphatic heterocycles. The van der Waals surface area contributed by atoms with Gasteiger partial charge < -0.3 is 4.74 Å². The van der Waals surface area contributed by atoms with Gasteiger partial charge in [0.25, 0.3) is 0 Å². The lowest BCUT2D eigenvalue weighted by Gasteiger charge is -2.20. The van der Waals surface area contributed by atoms with E-state index in [4.69, 9.17) is 4.74 Å². The van der Waals surface area contributed by atoms with Crippen molar-refractivity contribution in [1.29, 1.82) is 0 Å². The molecule has 0 aliphatic rings. The summed E-state index contributed by atoms with van der Waals surface area (Å²) in [4.78, 5) is 0. The first-order valence-electron chi connectivity index (χ1n) is 5.83. The molecule has 0 saturated carbocycles. The Morgan fingerprint density at radius 3 is 2.15 bits per heavy atom. The van der Waals surface area contributed by atoms with Gasteiger partial charge in [-0.25, -0.2) is 0 Å². The summed E-state index contributed by atoms with van der Waals surface area (Å²) in [5.41, 5.74) is 0. The topological polar surface area (TPSA) is 9.23 Å². The normalized spacial score (nSPS) is 13.6. The van der Waals surface area contributed by atoms with Crippen LogP contribution in [0.2, 0.25) is 0 Å². The number of rotatable bonds is 8. The zero-order valence-electron chi connectivity index (χ0n) is 9.81. The Labute approximate surface area is 83.9 Å². The van der Waals surface area contributed by atoms with Crippen molar-refractivity contribution in [3.8, 4) is 0 Å². The van der Waals surface area contributed by atoms with E-state index in [1.165, 1.54) is 32.1 Å². The minimum Gasteiger partial charge on any atom is -0.378 e. The number of hydrogen-bond acceptors (Lipinski definition) is 1. The van der Waals surface area contributed by atoms with Crippen LogP contribution in [0.15, 0.2) is 0 Å². The molecule has 0 aliphatic carbocycles. The van der Waals surface area contributed by atoms with Crippen molar-refractivity contribution in [3.05, 3.63) is 0 Å². The van der Waals surface area contributed by atoms with E-state index < -0.39 is 0 Å². The van der Waals surface area contributed by atoms with Gasteiger partial charge in [0.15, 0.2) is 0 Å². The highest BCUT2D eigenvalue weighted by Gasteiger charge is 2.11. The maximum atomic E-state index is 5.68. The largest absolute Gasteiger partial charge is 0.378 e. The molecule has 1 nitrogen and oxygen atoms in total. The third-order valence-corrected chi connectivity index (χ3v) is 2.47. The fraction of sp³-hybridized carbons (Fsp3) is 1.00. The van der Waals surface area contributed by atoms with E-state index >= 15 is 0 Å². The van der Waals surface area contributed by atoms with Crippen LogP contribution in [-0.4, -0.2) is 12.7 Å². The van der Waals surface area contributed by atoms with Gasteiger partial charge in [0.05, 0.1) is 6.10 Å². The Kier molecular flexibility index (Phi) is 8.53. The van der Waals surface area contributed by atoms with E-state index in [-0.39, 0.29) is 0 Å². The SMILES string of the molecule is CCCCCC[C@@H](OCC)C(C)C. The molecule has 0 aromatic carbocycles. The lowest BCUT2D eigenvalue weighted by Crippen LogP contribution is -2.19. The zero-order chi connectivity index (χ0) is 10.1. The highest BCUT2D eigenvalue weighted by atomic mass is 16.5. The molecule has 0 spiro atoms. The smallest absolute Gasteiger partial charge is 0.0597 e. The Bertz CT molecular complexity index is 99.3. The van der Waals surface area contributed by atoms with E-state index in [0.29, 0.717) is 12.0 Å². The molecule has 0 unspecified atom stereocenters. The van der Waals surface area contributed by atoms with Gasteiger partial charge in [-0.2, -0.15) is 0 Å². The van der Waals surface area contributed by atoms with Crippen molar-refractivity contribution >= 4 is 0 Å². The second kappa shape index (κ2) is 8.55. The Morgan fingerprint density at radius 1 is 1.00 bits per heavy atom. The molecule has 0 fully saturated rings. The zero-order valence-corrected chi connectivity index (χ0v) is 9.81. The molecule has 13 heavy (non-hydrogen) atoms. The molecule has 0 bridgehead atoms. The van der Waals surface area contributed by atoms with Crippen LogP contribution in [0.25, 0.3) is 0 Å². The van der Waals surface area contributed by atoms with Crippen LogP contribution in [0.4, 0.5) is 0 Å². The molecular weight excluding hydrogens is 160 g/mol. The first kappa shape index (κ1) is 13.0. The highest BCUT2D eigenvalue weighted by Crippen LogP contribution is 2.15. The van der Waals surface area contributed by atoms with Crippen molar-refractivity contribution < 1.29 is 4.74 Å². The van der Waals surface area contributed by atoms with Gasteiger partial charge in [0.2, 0.25) is 0 Å². The average molecular weight is 186 g/mol. The Hall–Kier alpha value is -0.0400. The van der Waals surface area contributed by atoms with E-state index in [9.17, 15) is 0 Å². The van der Waals surface area contributed by atoms with Crippen molar-refractivity contribution in [3.63, 3.8) is 0 Å². The molecule has 1 atom stereocenters. The average Bonchev–Trinajstić information content (AvgIpc) is 2.10. The summed E-state index contributed by atoms with van der Waals surface area (Å²) in [6.07, 6.45) is 7.12. The van der Waals surface area contributed by atoms with E-state index in [1.54, 1.807) is 0 Å². The van der Waals surface area contributed by atoms with Gasteiger partial charge in [-0.1, -0.05) is 46.5 Å². The minimum atomic E-state index is 0.488. The van der Waals surface area contributed by atoms with Gasteiger partial charge in [-0.05, 0) is 19.3 Å². The Morgan fingerprint density at radius 2 is 1.69 bits per heavy atom. The summed E-state index contributed by atoms with van der Waals surface area (Å²) in [6.45, 7) is 9.70. The summed E-state index contributed by atoms with van der Waals surface area (Å²) in [5.74, 6) is 0.668. The lowest BCUT2D eigenvalue weighted by molar-refractivity contribution is 0.0231. The van der Waals surface area contributed by atoms with Crippen molar-refractivity contribution in [2.75, 3.05) is 6.61 Å². The van der Waals surface area contributed by atoms with Gasteiger partial charge in [-0.15, -0.1) is 0 Å². The van der Waals surface area contributed by atoms with Gasteiger partial charge in [0, 0.05) is 6.61 Å². The molecule has 0 rings (SSSR count). The molecule has 0 radical (unpaired) electrons. The van der Waals surface area contributed by atoms with Crippen molar-refractivity contribution in [2.24, 2.45) is 5.92 Å². The number of unbranched alkanes of at least 4 members (excludes halogenated alkanes) is 3. The van der Waals surface area contributed by atoms with Crippen molar-refractivity contribution in [2.45, 2.75) is 65.9 Å². The highest BCUT2D eigenvalue weighted by molar-refractivity contribution is 4.62. The van der Waals surface area contributed by atoms with Crippen molar-refractivity contribution in [1.82, 2.24) is 0 Å². The monoisotopic (exact) mass is 186 g/mol. The van der Waals surface area contributed by atoms with E-state index in [2.05, 4.69) is 27.7 Å². The molecular formula is C12H26O. The number of ether oxygens (including phenoxy) is 1. The molecule has 1 heteroatoms. The van der Waals surface area contributed by atoms with Crippen LogP contribution in [0.3, 0.4) is 0 Å². The summed E-state index contributed by atoms with van der Waals surface area (Å²) in [7, 11) is 0. The second-order valence-electron chi connectivity index (χ2n) is 4.09. The van der Waals surface area contributed by atoms with E-state index in [1.807, 2.05) is 0 Å². The van der Waals surface area contributed by atoms with Gasteiger partial charge in [0.1, 0.15) is 0 Å². The summed E-state index contributed by atoms with van der Waals surface area (Å²) >= 11 is 0. The fourth-order valence-corrected chi connectivity index (χ4v) is 1.60. The molecule has 0 heterocycles. The quantitative estimate of drug-likeness (QED) is 0.520. The third kappa shape index (κ3) is 7.06. The van der Waals surface area contributed by atoms with Crippen LogP contribution >= 0.6 is 0 Å². The third-order valence-electron chi connectivity index (χ3n) is 2.47. The second-order valence-corrected chi connectivity index (χ2v) is 4.09. The van der Waals surface area contributed by atoms with Crippen LogP contribution in [0.5, 0.6) is 0 Å². The van der Waals surface area contributed by atoms with Gasteiger partial charge in [-0.3, -0.25) is 0 Å². The predicted octanol–water partition coefficient (Wildman–Crippen LogP) is 4.02. The van der Waals surface area contributed by atoms with Crippen LogP contribution in [-0.2, 0) is 4.74 Å². The minimum absolute atomic E-state index is 0.488. The number of hydrogen-bond donors (Lipinski definition) is 0. The van der Waals surface area contributed by atoms with Crippen LogP contribution in [0.1, 0.15) is 59.8 Å². The molecule has 0 N–H and O–H groups in total. The summed E-state index contributed by atoms with van der Waals surface area (Å²) in [6, 6.07) is 0. The fourth-order valence-electron chi connectivity index (χ4n) is 1.60. The lowest BCUT2D eigenvalue weighted by atomic mass is 10.0. The maximum absolute atomic E-state index is 5.68.